The molecule has 0 spiro atoms. The fourth-order valence-electron chi connectivity index (χ4n) is 3.30. The molecule has 4 rings (SSSR count). The SMILES string of the molecule is COc1cccc([C@@H](CNc2ccc3nnnn3n2)N2CCCC2)c1. The molecule has 1 aliphatic rings. The standard InChI is InChI=1S/C17H21N7O/c1-25-14-6-4-5-13(11-14)15(23-9-2-3-10-23)12-18-16-7-8-17-19-21-22-24(17)20-16/h4-8,11,15H,2-3,9-10,12H2,1H3,(H,18,20)/t15-/m1/s1. The van der Waals surface area contributed by atoms with Crippen LogP contribution in [0, 0.1) is 0 Å². The van der Waals surface area contributed by atoms with Gasteiger partial charge < -0.3 is 10.1 Å². The van der Waals surface area contributed by atoms with Crippen molar-refractivity contribution < 1.29 is 4.74 Å². The van der Waals surface area contributed by atoms with E-state index >= 15 is 0 Å². The van der Waals surface area contributed by atoms with E-state index in [1.165, 1.54) is 23.0 Å². The molecule has 1 aromatic carbocycles. The van der Waals surface area contributed by atoms with Gasteiger partial charge in [-0.05, 0) is 66.2 Å². The van der Waals surface area contributed by atoms with Crippen LogP contribution in [0.25, 0.3) is 5.65 Å². The number of ether oxygens (including phenoxy) is 1. The molecule has 0 unspecified atom stereocenters. The fraction of sp³-hybridized carbons (Fsp3) is 0.412. The number of aromatic nitrogens is 5. The van der Waals surface area contributed by atoms with Gasteiger partial charge in [0.1, 0.15) is 11.6 Å². The number of likely N-dealkylation sites (tertiary alicyclic amines) is 1. The van der Waals surface area contributed by atoms with Gasteiger partial charge in [0.2, 0.25) is 0 Å². The Bertz CT molecular complexity index is 844. The van der Waals surface area contributed by atoms with Gasteiger partial charge in [-0.3, -0.25) is 4.90 Å². The van der Waals surface area contributed by atoms with E-state index in [-0.39, 0.29) is 6.04 Å². The van der Waals surface area contributed by atoms with E-state index in [4.69, 9.17) is 4.74 Å². The third-order valence-electron chi connectivity index (χ3n) is 4.61. The summed E-state index contributed by atoms with van der Waals surface area (Å²) in [4.78, 5) is 2.51. The predicted octanol–water partition coefficient (Wildman–Crippen LogP) is 1.78. The predicted molar refractivity (Wildman–Crippen MR) is 93.6 cm³/mol. The van der Waals surface area contributed by atoms with Crippen LogP contribution in [0.5, 0.6) is 5.75 Å². The normalized spacial score (nSPS) is 16.2. The Kier molecular flexibility index (Phi) is 4.43. The van der Waals surface area contributed by atoms with Gasteiger partial charge in [0.05, 0.1) is 13.2 Å². The van der Waals surface area contributed by atoms with Gasteiger partial charge in [0.15, 0.2) is 5.65 Å². The van der Waals surface area contributed by atoms with E-state index in [0.29, 0.717) is 5.65 Å². The smallest absolute Gasteiger partial charge is 0.200 e. The Morgan fingerprint density at radius 1 is 1.20 bits per heavy atom. The molecule has 0 saturated carbocycles. The lowest BCUT2D eigenvalue weighted by Gasteiger charge is -2.28. The molecular formula is C17H21N7O. The summed E-state index contributed by atoms with van der Waals surface area (Å²) in [5, 5.41) is 19.2. The van der Waals surface area contributed by atoms with Crippen LogP contribution in [-0.4, -0.2) is 56.9 Å². The van der Waals surface area contributed by atoms with Crippen molar-refractivity contribution in [2.24, 2.45) is 0 Å². The molecule has 3 aromatic rings. The fourth-order valence-corrected chi connectivity index (χ4v) is 3.30. The molecule has 2 aromatic heterocycles. The zero-order chi connectivity index (χ0) is 17.1. The highest BCUT2D eigenvalue weighted by Gasteiger charge is 2.23. The van der Waals surface area contributed by atoms with Crippen LogP contribution in [0.4, 0.5) is 5.82 Å². The Labute approximate surface area is 145 Å². The van der Waals surface area contributed by atoms with E-state index in [1.807, 2.05) is 24.3 Å². The molecule has 0 amide bonds. The summed E-state index contributed by atoms with van der Waals surface area (Å²) in [7, 11) is 1.70. The van der Waals surface area contributed by atoms with Crippen LogP contribution in [-0.2, 0) is 0 Å². The summed E-state index contributed by atoms with van der Waals surface area (Å²) in [5.41, 5.74) is 1.88. The van der Waals surface area contributed by atoms with Crippen molar-refractivity contribution in [3.05, 3.63) is 42.0 Å². The highest BCUT2D eigenvalue weighted by molar-refractivity contribution is 5.42. The first-order valence-corrected chi connectivity index (χ1v) is 8.51. The quantitative estimate of drug-likeness (QED) is 0.733. The van der Waals surface area contributed by atoms with Crippen LogP contribution in [0.1, 0.15) is 24.4 Å². The molecule has 1 saturated heterocycles. The minimum absolute atomic E-state index is 0.268. The van der Waals surface area contributed by atoms with Gasteiger partial charge in [-0.2, -0.15) is 0 Å². The molecule has 1 fully saturated rings. The molecule has 0 radical (unpaired) electrons. The number of nitrogens with one attached hydrogen (secondary N) is 1. The first kappa shape index (κ1) is 15.8. The Morgan fingerprint density at radius 3 is 2.92 bits per heavy atom. The van der Waals surface area contributed by atoms with Gasteiger partial charge in [0, 0.05) is 6.54 Å². The zero-order valence-electron chi connectivity index (χ0n) is 14.2. The summed E-state index contributed by atoms with van der Waals surface area (Å²) >= 11 is 0. The lowest BCUT2D eigenvalue weighted by Crippen LogP contribution is -2.31. The molecule has 3 heterocycles. The van der Waals surface area contributed by atoms with Crippen molar-refractivity contribution in [3.8, 4) is 5.75 Å². The van der Waals surface area contributed by atoms with Crippen molar-refractivity contribution in [2.75, 3.05) is 32.1 Å². The van der Waals surface area contributed by atoms with Gasteiger partial charge in [-0.15, -0.1) is 14.8 Å². The maximum Gasteiger partial charge on any atom is 0.200 e. The average molecular weight is 339 g/mol. The maximum atomic E-state index is 5.39. The molecule has 1 aliphatic heterocycles. The monoisotopic (exact) mass is 339 g/mol. The van der Waals surface area contributed by atoms with Crippen molar-refractivity contribution in [3.63, 3.8) is 0 Å². The van der Waals surface area contributed by atoms with Crippen LogP contribution >= 0.6 is 0 Å². The molecular weight excluding hydrogens is 318 g/mol. The van der Waals surface area contributed by atoms with Crippen molar-refractivity contribution in [1.29, 1.82) is 0 Å². The Hall–Kier alpha value is -2.74. The number of tetrazole rings is 1. The van der Waals surface area contributed by atoms with Crippen LogP contribution in [0.3, 0.4) is 0 Å². The first-order valence-electron chi connectivity index (χ1n) is 8.51. The van der Waals surface area contributed by atoms with E-state index in [1.54, 1.807) is 7.11 Å². The molecule has 1 atom stereocenters. The summed E-state index contributed by atoms with van der Waals surface area (Å²) in [6, 6.07) is 12.3. The van der Waals surface area contributed by atoms with E-state index in [0.717, 1.165) is 31.2 Å². The van der Waals surface area contributed by atoms with Gasteiger partial charge >= 0.3 is 0 Å². The number of nitrogens with zero attached hydrogens (tertiary/aromatic N) is 6. The third kappa shape index (κ3) is 3.39. The molecule has 0 bridgehead atoms. The maximum absolute atomic E-state index is 5.39. The summed E-state index contributed by atoms with van der Waals surface area (Å²) in [6.45, 7) is 2.99. The molecule has 8 nitrogen and oxygen atoms in total. The van der Waals surface area contributed by atoms with Gasteiger partial charge in [-0.1, -0.05) is 12.1 Å². The third-order valence-corrected chi connectivity index (χ3v) is 4.61. The van der Waals surface area contributed by atoms with Crippen LogP contribution < -0.4 is 10.1 Å². The van der Waals surface area contributed by atoms with Crippen molar-refractivity contribution >= 4 is 11.5 Å². The second-order valence-electron chi connectivity index (χ2n) is 6.16. The van der Waals surface area contributed by atoms with E-state index in [9.17, 15) is 0 Å². The summed E-state index contributed by atoms with van der Waals surface area (Å²) in [6.07, 6.45) is 2.49. The minimum atomic E-state index is 0.268. The van der Waals surface area contributed by atoms with Gasteiger partial charge in [0.25, 0.3) is 0 Å². The van der Waals surface area contributed by atoms with E-state index < -0.39 is 0 Å². The molecule has 0 aliphatic carbocycles. The lowest BCUT2D eigenvalue weighted by molar-refractivity contribution is 0.255. The first-order chi connectivity index (χ1) is 12.3. The number of methoxy groups -OCH3 is 1. The largest absolute Gasteiger partial charge is 0.497 e. The molecule has 25 heavy (non-hydrogen) atoms. The Balaban J connectivity index is 1.55. The number of fused-ring (bicyclic) bond motifs is 1. The zero-order valence-corrected chi connectivity index (χ0v) is 14.2. The number of hydrogen-bond acceptors (Lipinski definition) is 7. The number of hydrogen-bond donors (Lipinski definition) is 1. The van der Waals surface area contributed by atoms with E-state index in [2.05, 4.69) is 43.0 Å². The highest BCUT2D eigenvalue weighted by Crippen LogP contribution is 2.27. The van der Waals surface area contributed by atoms with Crippen molar-refractivity contribution in [1.82, 2.24) is 30.2 Å². The van der Waals surface area contributed by atoms with Crippen molar-refractivity contribution in [2.45, 2.75) is 18.9 Å². The summed E-state index contributed by atoms with van der Waals surface area (Å²) in [5.74, 6) is 1.64. The van der Waals surface area contributed by atoms with Crippen LogP contribution in [0.2, 0.25) is 0 Å². The van der Waals surface area contributed by atoms with Gasteiger partial charge in [-0.25, -0.2) is 0 Å². The second-order valence-corrected chi connectivity index (χ2v) is 6.16. The minimum Gasteiger partial charge on any atom is -0.497 e. The topological polar surface area (TPSA) is 80.5 Å². The average Bonchev–Trinajstić information content (AvgIpc) is 3.33. The molecule has 8 heteroatoms. The Morgan fingerprint density at radius 2 is 2.08 bits per heavy atom. The number of benzene rings is 1. The lowest BCUT2D eigenvalue weighted by atomic mass is 10.0. The summed E-state index contributed by atoms with van der Waals surface area (Å²) < 4.78 is 6.82. The highest BCUT2D eigenvalue weighted by atomic mass is 16.5. The van der Waals surface area contributed by atoms with Crippen LogP contribution in [0.15, 0.2) is 36.4 Å². The molecule has 130 valence electrons. The number of rotatable bonds is 6. The second kappa shape index (κ2) is 7.02. The number of anilines is 1. The molecule has 1 N–H and O–H groups in total.